The molecule has 3 rings (SSSR count). The van der Waals surface area contributed by atoms with E-state index in [4.69, 9.17) is 4.74 Å². The molecule has 0 aromatic heterocycles. The van der Waals surface area contributed by atoms with Crippen molar-refractivity contribution in [1.82, 2.24) is 10.2 Å². The van der Waals surface area contributed by atoms with E-state index in [1.807, 2.05) is 4.90 Å². The molecule has 2 heterocycles. The Morgan fingerprint density at radius 2 is 2.06 bits per heavy atom. The Labute approximate surface area is 94.1 Å². The fourth-order valence-electron chi connectivity index (χ4n) is 2.50. The molecular weight excluding hydrogens is 208 g/mol. The molecule has 0 aromatic carbocycles. The van der Waals surface area contributed by atoms with Crippen LogP contribution in [-0.2, 0) is 9.53 Å². The third kappa shape index (κ3) is 1.64. The SMILES string of the molecule is O=C1NCC2(CCN(C(=O)C3CC3)CC2)O1. The topological polar surface area (TPSA) is 58.6 Å². The van der Waals surface area contributed by atoms with Gasteiger partial charge in [0.15, 0.2) is 0 Å². The van der Waals surface area contributed by atoms with Crippen molar-refractivity contribution in [2.45, 2.75) is 31.3 Å². The summed E-state index contributed by atoms with van der Waals surface area (Å²) in [5.74, 6) is 0.588. The van der Waals surface area contributed by atoms with Crippen LogP contribution in [0.5, 0.6) is 0 Å². The monoisotopic (exact) mass is 224 g/mol. The number of hydrogen-bond donors (Lipinski definition) is 1. The van der Waals surface area contributed by atoms with Gasteiger partial charge in [-0.1, -0.05) is 0 Å². The molecule has 3 fully saturated rings. The van der Waals surface area contributed by atoms with Gasteiger partial charge in [-0.05, 0) is 12.8 Å². The van der Waals surface area contributed by atoms with Crippen LogP contribution in [0.2, 0.25) is 0 Å². The highest BCUT2D eigenvalue weighted by Crippen LogP contribution is 2.34. The minimum absolute atomic E-state index is 0.290. The number of carbonyl (C=O) groups excluding carboxylic acids is 2. The number of likely N-dealkylation sites (tertiary alicyclic amines) is 1. The molecule has 0 atom stereocenters. The minimum atomic E-state index is -0.336. The van der Waals surface area contributed by atoms with Crippen LogP contribution in [0.4, 0.5) is 4.79 Å². The zero-order chi connectivity index (χ0) is 11.2. The lowest BCUT2D eigenvalue weighted by atomic mass is 9.91. The van der Waals surface area contributed by atoms with Crippen molar-refractivity contribution in [2.24, 2.45) is 5.92 Å². The second-order valence-electron chi connectivity index (χ2n) is 5.03. The predicted octanol–water partition coefficient (Wildman–Crippen LogP) is 0.497. The van der Waals surface area contributed by atoms with Crippen LogP contribution in [-0.4, -0.2) is 42.1 Å². The van der Waals surface area contributed by atoms with Gasteiger partial charge in [-0.25, -0.2) is 4.79 Å². The number of amides is 2. The molecule has 1 saturated carbocycles. The summed E-state index contributed by atoms with van der Waals surface area (Å²) in [7, 11) is 0. The molecule has 3 aliphatic rings. The van der Waals surface area contributed by atoms with Gasteiger partial charge in [0.2, 0.25) is 5.91 Å². The lowest BCUT2D eigenvalue weighted by Crippen LogP contribution is -2.48. The largest absolute Gasteiger partial charge is 0.441 e. The molecule has 2 aliphatic heterocycles. The van der Waals surface area contributed by atoms with Gasteiger partial charge < -0.3 is 15.0 Å². The molecule has 0 aromatic rings. The van der Waals surface area contributed by atoms with Gasteiger partial charge in [0.05, 0.1) is 6.54 Å². The number of alkyl carbamates (subject to hydrolysis) is 1. The van der Waals surface area contributed by atoms with E-state index in [0.29, 0.717) is 18.4 Å². The minimum Gasteiger partial charge on any atom is -0.441 e. The first-order chi connectivity index (χ1) is 7.69. The van der Waals surface area contributed by atoms with E-state index in [0.717, 1.165) is 38.8 Å². The highest BCUT2D eigenvalue weighted by molar-refractivity contribution is 5.81. The van der Waals surface area contributed by atoms with Crippen molar-refractivity contribution >= 4 is 12.0 Å². The van der Waals surface area contributed by atoms with Gasteiger partial charge in [0, 0.05) is 31.8 Å². The summed E-state index contributed by atoms with van der Waals surface area (Å²) in [5, 5.41) is 2.69. The first-order valence-corrected chi connectivity index (χ1v) is 5.94. The first kappa shape index (κ1) is 9.93. The molecule has 0 radical (unpaired) electrons. The summed E-state index contributed by atoms with van der Waals surface area (Å²) in [5.41, 5.74) is -0.336. The molecule has 2 amide bonds. The molecule has 2 saturated heterocycles. The van der Waals surface area contributed by atoms with Gasteiger partial charge in [-0.15, -0.1) is 0 Å². The van der Waals surface area contributed by atoms with Crippen molar-refractivity contribution in [3.63, 3.8) is 0 Å². The van der Waals surface area contributed by atoms with Gasteiger partial charge in [-0.3, -0.25) is 4.79 Å². The number of hydrogen-bond acceptors (Lipinski definition) is 3. The quantitative estimate of drug-likeness (QED) is 0.705. The Morgan fingerprint density at radius 3 is 2.56 bits per heavy atom. The summed E-state index contributed by atoms with van der Waals surface area (Å²) < 4.78 is 5.31. The molecule has 1 aliphatic carbocycles. The summed E-state index contributed by atoms with van der Waals surface area (Å²) in [6, 6.07) is 0. The molecule has 5 heteroatoms. The fraction of sp³-hybridized carbons (Fsp3) is 0.818. The number of ether oxygens (including phenoxy) is 1. The number of carbonyl (C=O) groups is 2. The third-order valence-electron chi connectivity index (χ3n) is 3.78. The molecule has 88 valence electrons. The van der Waals surface area contributed by atoms with Crippen LogP contribution in [0, 0.1) is 5.92 Å². The molecule has 1 N–H and O–H groups in total. The molecule has 5 nitrogen and oxygen atoms in total. The Hall–Kier alpha value is -1.26. The van der Waals surface area contributed by atoms with E-state index < -0.39 is 0 Å². The molecule has 0 bridgehead atoms. The summed E-state index contributed by atoms with van der Waals surface area (Å²) in [6.45, 7) is 2.05. The van der Waals surface area contributed by atoms with Crippen molar-refractivity contribution in [1.29, 1.82) is 0 Å². The van der Waals surface area contributed by atoms with E-state index in [9.17, 15) is 9.59 Å². The smallest absolute Gasteiger partial charge is 0.407 e. The first-order valence-electron chi connectivity index (χ1n) is 5.94. The van der Waals surface area contributed by atoms with E-state index in [2.05, 4.69) is 5.32 Å². The molecular formula is C11H16N2O3. The standard InChI is InChI=1S/C11H16N2O3/c14-9(8-1-2-8)13-5-3-11(4-6-13)7-12-10(15)16-11/h8H,1-7H2,(H,12,15). The maximum absolute atomic E-state index is 11.8. The normalized spacial score (nSPS) is 27.8. The van der Waals surface area contributed by atoms with Crippen LogP contribution >= 0.6 is 0 Å². The zero-order valence-electron chi connectivity index (χ0n) is 9.20. The van der Waals surface area contributed by atoms with Crippen LogP contribution in [0.25, 0.3) is 0 Å². The summed E-state index contributed by atoms with van der Waals surface area (Å²) in [6.07, 6.45) is 3.32. The second kappa shape index (κ2) is 3.37. The van der Waals surface area contributed by atoms with E-state index >= 15 is 0 Å². The predicted molar refractivity (Wildman–Crippen MR) is 55.8 cm³/mol. The van der Waals surface area contributed by atoms with E-state index in [1.165, 1.54) is 0 Å². The number of rotatable bonds is 1. The van der Waals surface area contributed by atoms with Gasteiger partial charge in [-0.2, -0.15) is 0 Å². The van der Waals surface area contributed by atoms with Crippen molar-refractivity contribution in [3.05, 3.63) is 0 Å². The highest BCUT2D eigenvalue weighted by atomic mass is 16.6. The van der Waals surface area contributed by atoms with Gasteiger partial charge in [0.25, 0.3) is 0 Å². The van der Waals surface area contributed by atoms with Crippen LogP contribution in [0.15, 0.2) is 0 Å². The van der Waals surface area contributed by atoms with Crippen LogP contribution in [0.1, 0.15) is 25.7 Å². The Balaban J connectivity index is 1.59. The van der Waals surface area contributed by atoms with Crippen molar-refractivity contribution in [3.8, 4) is 0 Å². The van der Waals surface area contributed by atoms with Gasteiger partial charge >= 0.3 is 6.09 Å². The Morgan fingerprint density at radius 1 is 1.38 bits per heavy atom. The maximum Gasteiger partial charge on any atom is 0.407 e. The van der Waals surface area contributed by atoms with Gasteiger partial charge in [0.1, 0.15) is 5.60 Å². The second-order valence-corrected chi connectivity index (χ2v) is 5.03. The van der Waals surface area contributed by atoms with Crippen molar-refractivity contribution in [2.75, 3.05) is 19.6 Å². The lowest BCUT2D eigenvalue weighted by Gasteiger charge is -2.37. The van der Waals surface area contributed by atoms with Crippen molar-refractivity contribution < 1.29 is 14.3 Å². The third-order valence-corrected chi connectivity index (χ3v) is 3.78. The summed E-state index contributed by atoms with van der Waals surface area (Å²) >= 11 is 0. The fourth-order valence-corrected chi connectivity index (χ4v) is 2.50. The molecule has 1 spiro atoms. The maximum atomic E-state index is 11.8. The lowest BCUT2D eigenvalue weighted by molar-refractivity contribution is -0.135. The molecule has 16 heavy (non-hydrogen) atoms. The average Bonchev–Trinajstić information content (AvgIpc) is 3.06. The average molecular weight is 224 g/mol. The Bertz CT molecular complexity index is 330. The van der Waals surface area contributed by atoms with E-state index in [1.54, 1.807) is 0 Å². The van der Waals surface area contributed by atoms with Crippen LogP contribution in [0.3, 0.4) is 0 Å². The number of nitrogens with zero attached hydrogens (tertiary/aromatic N) is 1. The van der Waals surface area contributed by atoms with Crippen LogP contribution < -0.4 is 5.32 Å². The zero-order valence-corrected chi connectivity index (χ0v) is 9.20. The number of nitrogens with one attached hydrogen (secondary N) is 1. The molecule has 0 unspecified atom stereocenters. The highest BCUT2D eigenvalue weighted by Gasteiger charge is 2.45. The number of piperidine rings is 1. The Kier molecular flexibility index (Phi) is 2.09. The van der Waals surface area contributed by atoms with E-state index in [-0.39, 0.29) is 11.7 Å². The summed E-state index contributed by atoms with van der Waals surface area (Å²) in [4.78, 5) is 24.8.